The largest absolute Gasteiger partial charge is 0.353 e. The quantitative estimate of drug-likeness (QED) is 0.240. The van der Waals surface area contributed by atoms with E-state index in [0.717, 1.165) is 12.8 Å². The Morgan fingerprint density at radius 1 is 1.10 bits per heavy atom. The number of rotatable bonds is 7. The number of nitrogens with one attached hydrogen (secondary N) is 1. The van der Waals surface area contributed by atoms with Crippen LogP contribution >= 0.6 is 23.5 Å². The van der Waals surface area contributed by atoms with Gasteiger partial charge in [-0.25, -0.2) is 9.37 Å². The number of carbonyl (C=O) groups excluding carboxylic acids is 1. The molecule has 31 heavy (non-hydrogen) atoms. The van der Waals surface area contributed by atoms with Gasteiger partial charge in [-0.15, -0.1) is 11.8 Å². The van der Waals surface area contributed by atoms with Crippen LogP contribution in [0.5, 0.6) is 0 Å². The van der Waals surface area contributed by atoms with Crippen LogP contribution in [0.4, 0.5) is 4.39 Å². The number of benzene rings is 2. The van der Waals surface area contributed by atoms with Gasteiger partial charge in [-0.2, -0.15) is 0 Å². The highest BCUT2D eigenvalue weighted by atomic mass is 32.2. The molecule has 1 aromatic heterocycles. The van der Waals surface area contributed by atoms with E-state index in [4.69, 9.17) is 0 Å². The minimum atomic E-state index is -0.362. The molecule has 3 aromatic rings. The first-order valence-electron chi connectivity index (χ1n) is 10.4. The number of amides is 1. The molecule has 1 N–H and O–H groups in total. The van der Waals surface area contributed by atoms with E-state index in [1.807, 2.05) is 6.07 Å². The van der Waals surface area contributed by atoms with Crippen LogP contribution in [0.3, 0.4) is 0 Å². The van der Waals surface area contributed by atoms with E-state index in [9.17, 15) is 14.0 Å². The maximum absolute atomic E-state index is 13.4. The highest BCUT2D eigenvalue weighted by Gasteiger charge is 2.16. The Morgan fingerprint density at radius 2 is 1.84 bits per heavy atom. The van der Waals surface area contributed by atoms with E-state index in [1.54, 1.807) is 30.3 Å². The molecule has 1 amide bonds. The molecule has 8 heteroatoms. The summed E-state index contributed by atoms with van der Waals surface area (Å²) in [6.45, 7) is 0. The standard InChI is InChI=1S/C23H24FN3O2S2/c24-16-10-12-18(13-11-16)27-22(29)19-8-4-5-9-20(19)26-23(27)31-15-30-14-21(28)25-17-6-2-1-3-7-17/h4-5,8-13,17H,1-3,6-7,14-15H2,(H,25,28). The first-order chi connectivity index (χ1) is 15.1. The summed E-state index contributed by atoms with van der Waals surface area (Å²) in [5.41, 5.74) is 0.986. The second-order valence-electron chi connectivity index (χ2n) is 7.54. The molecule has 0 spiro atoms. The van der Waals surface area contributed by atoms with Crippen LogP contribution < -0.4 is 10.9 Å². The molecular formula is C23H24FN3O2S2. The number of fused-ring (bicyclic) bond motifs is 1. The van der Waals surface area contributed by atoms with Crippen molar-refractivity contribution < 1.29 is 9.18 Å². The lowest BCUT2D eigenvalue weighted by Crippen LogP contribution is -2.37. The van der Waals surface area contributed by atoms with Gasteiger partial charge in [0, 0.05) is 11.1 Å². The fraction of sp³-hybridized carbons (Fsp3) is 0.348. The van der Waals surface area contributed by atoms with Crippen LogP contribution in [0, 0.1) is 5.82 Å². The molecule has 1 saturated carbocycles. The molecule has 1 aliphatic carbocycles. The molecular weight excluding hydrogens is 433 g/mol. The number of para-hydroxylation sites is 1. The van der Waals surface area contributed by atoms with Crippen LogP contribution in [0.1, 0.15) is 32.1 Å². The van der Waals surface area contributed by atoms with Gasteiger partial charge in [0.15, 0.2) is 5.16 Å². The zero-order valence-electron chi connectivity index (χ0n) is 17.1. The van der Waals surface area contributed by atoms with E-state index in [-0.39, 0.29) is 17.3 Å². The first kappa shape index (κ1) is 21.9. The molecule has 0 radical (unpaired) electrons. The first-order valence-corrected chi connectivity index (χ1v) is 12.5. The third kappa shape index (κ3) is 5.49. The van der Waals surface area contributed by atoms with Crippen molar-refractivity contribution in [1.29, 1.82) is 0 Å². The van der Waals surface area contributed by atoms with Crippen molar-refractivity contribution in [2.45, 2.75) is 43.3 Å². The third-order valence-electron chi connectivity index (χ3n) is 5.30. The Balaban J connectivity index is 1.47. The van der Waals surface area contributed by atoms with E-state index in [1.165, 1.54) is 59.5 Å². The van der Waals surface area contributed by atoms with Gasteiger partial charge in [-0.3, -0.25) is 14.2 Å². The molecule has 1 heterocycles. The lowest BCUT2D eigenvalue weighted by Gasteiger charge is -2.22. The van der Waals surface area contributed by atoms with Crippen molar-refractivity contribution in [3.63, 3.8) is 0 Å². The van der Waals surface area contributed by atoms with Gasteiger partial charge in [-0.1, -0.05) is 43.2 Å². The van der Waals surface area contributed by atoms with Crippen molar-refractivity contribution in [2.24, 2.45) is 0 Å². The molecule has 162 valence electrons. The Bertz CT molecular complexity index is 1110. The van der Waals surface area contributed by atoms with Gasteiger partial charge in [0.2, 0.25) is 5.91 Å². The average Bonchev–Trinajstić information content (AvgIpc) is 2.78. The maximum Gasteiger partial charge on any atom is 0.266 e. The average molecular weight is 458 g/mol. The van der Waals surface area contributed by atoms with Crippen LogP contribution in [-0.4, -0.2) is 32.3 Å². The predicted molar refractivity (Wildman–Crippen MR) is 125 cm³/mol. The Hall–Kier alpha value is -2.32. The zero-order valence-corrected chi connectivity index (χ0v) is 18.7. The van der Waals surface area contributed by atoms with Gasteiger partial charge in [-0.05, 0) is 49.2 Å². The fourth-order valence-electron chi connectivity index (χ4n) is 3.77. The minimum absolute atomic E-state index is 0.0555. The van der Waals surface area contributed by atoms with Crippen LogP contribution in [0.2, 0.25) is 0 Å². The lowest BCUT2D eigenvalue weighted by molar-refractivity contribution is -0.119. The smallest absolute Gasteiger partial charge is 0.266 e. The Morgan fingerprint density at radius 3 is 2.61 bits per heavy atom. The van der Waals surface area contributed by atoms with E-state index in [2.05, 4.69) is 10.3 Å². The summed E-state index contributed by atoms with van der Waals surface area (Å²) in [5.74, 6) is 0.0666. The summed E-state index contributed by atoms with van der Waals surface area (Å²) in [4.78, 5) is 30.0. The zero-order chi connectivity index (χ0) is 21.6. The van der Waals surface area contributed by atoms with E-state index in [0.29, 0.717) is 38.6 Å². The summed E-state index contributed by atoms with van der Waals surface area (Å²) in [5, 5.41) is 4.72. The van der Waals surface area contributed by atoms with Crippen molar-refractivity contribution in [2.75, 3.05) is 10.8 Å². The topological polar surface area (TPSA) is 64.0 Å². The van der Waals surface area contributed by atoms with E-state index >= 15 is 0 Å². The summed E-state index contributed by atoms with van der Waals surface area (Å²) in [7, 11) is 0. The predicted octanol–water partition coefficient (Wildman–Crippen LogP) is 4.76. The molecule has 0 unspecified atom stereocenters. The second kappa shape index (κ2) is 10.3. The summed E-state index contributed by atoms with van der Waals surface area (Å²) >= 11 is 2.90. The molecule has 0 bridgehead atoms. The van der Waals surface area contributed by atoms with Crippen molar-refractivity contribution >= 4 is 40.3 Å². The minimum Gasteiger partial charge on any atom is -0.353 e. The fourth-order valence-corrected chi connectivity index (χ4v) is 5.61. The van der Waals surface area contributed by atoms with Crippen molar-refractivity contribution in [3.8, 4) is 5.69 Å². The van der Waals surface area contributed by atoms with Crippen LogP contribution in [-0.2, 0) is 4.79 Å². The Labute approximate surface area is 188 Å². The summed E-state index contributed by atoms with van der Waals surface area (Å²) in [6.07, 6.45) is 5.75. The van der Waals surface area contributed by atoms with Crippen LogP contribution in [0.15, 0.2) is 58.5 Å². The van der Waals surface area contributed by atoms with Crippen molar-refractivity contribution in [1.82, 2.24) is 14.9 Å². The molecule has 0 aliphatic heterocycles. The molecule has 0 atom stereocenters. The molecule has 4 rings (SSSR count). The highest BCUT2D eigenvalue weighted by molar-refractivity contribution is 8.16. The van der Waals surface area contributed by atoms with Gasteiger partial charge in [0.05, 0.1) is 22.3 Å². The molecule has 1 aliphatic rings. The molecule has 2 aromatic carbocycles. The van der Waals surface area contributed by atoms with Crippen LogP contribution in [0.25, 0.3) is 16.6 Å². The number of hydrogen-bond donors (Lipinski definition) is 1. The Kier molecular flexibility index (Phi) is 7.29. The number of aromatic nitrogens is 2. The molecule has 0 saturated heterocycles. The number of carbonyl (C=O) groups is 1. The van der Waals surface area contributed by atoms with Gasteiger partial charge in [0.25, 0.3) is 5.56 Å². The number of thioether (sulfide) groups is 2. The summed E-state index contributed by atoms with van der Waals surface area (Å²) in [6, 6.07) is 13.3. The van der Waals surface area contributed by atoms with Gasteiger partial charge in [0.1, 0.15) is 5.82 Å². The lowest BCUT2D eigenvalue weighted by atomic mass is 9.95. The number of hydrogen-bond acceptors (Lipinski definition) is 5. The summed E-state index contributed by atoms with van der Waals surface area (Å²) < 4.78 is 14.9. The molecule has 5 nitrogen and oxygen atoms in total. The number of nitrogens with zero attached hydrogens (tertiary/aromatic N) is 2. The number of halogens is 1. The normalized spacial score (nSPS) is 14.6. The van der Waals surface area contributed by atoms with E-state index < -0.39 is 0 Å². The van der Waals surface area contributed by atoms with Crippen molar-refractivity contribution in [3.05, 3.63) is 64.7 Å². The highest BCUT2D eigenvalue weighted by Crippen LogP contribution is 2.25. The third-order valence-corrected chi connectivity index (χ3v) is 7.44. The maximum atomic E-state index is 13.4. The van der Waals surface area contributed by atoms with Gasteiger partial charge < -0.3 is 5.32 Å². The van der Waals surface area contributed by atoms with Gasteiger partial charge >= 0.3 is 0 Å². The second-order valence-corrected chi connectivity index (χ2v) is 9.84. The monoisotopic (exact) mass is 457 g/mol. The SMILES string of the molecule is O=C(CSCSc1nc2ccccc2c(=O)n1-c1ccc(F)cc1)NC1CCCCC1. The molecule has 1 fully saturated rings.